The van der Waals surface area contributed by atoms with Crippen LogP contribution in [0.15, 0.2) is 42.5 Å². The molecule has 3 rings (SSSR count). The molecule has 0 radical (unpaired) electrons. The fraction of sp³-hybridized carbons (Fsp3) is 0.476. The number of likely N-dealkylation sites (N-methyl/N-ethyl adjacent to an activating group) is 2. The molecule has 0 aliphatic carbocycles. The van der Waals surface area contributed by atoms with Gasteiger partial charge in [-0.1, -0.05) is 30.3 Å². The molecule has 2 aromatic rings. The Morgan fingerprint density at radius 2 is 1.75 bits per heavy atom. The molecule has 0 bridgehead atoms. The summed E-state index contributed by atoms with van der Waals surface area (Å²) >= 11 is 0. The highest BCUT2D eigenvalue weighted by Gasteiger charge is 2.34. The van der Waals surface area contributed by atoms with Gasteiger partial charge in [-0.05, 0) is 43.4 Å². The minimum Gasteiger partial charge on any atom is -0.365 e. The van der Waals surface area contributed by atoms with Crippen LogP contribution in [0, 0.1) is 0 Å². The van der Waals surface area contributed by atoms with E-state index < -0.39 is 9.84 Å². The molecular formula is C21H29N3O3S. The first-order chi connectivity index (χ1) is 13.2. The van der Waals surface area contributed by atoms with Crippen molar-refractivity contribution in [2.45, 2.75) is 12.5 Å². The van der Waals surface area contributed by atoms with Gasteiger partial charge in [-0.2, -0.15) is 0 Å². The van der Waals surface area contributed by atoms with E-state index in [0.29, 0.717) is 19.5 Å². The number of benzene rings is 2. The van der Waals surface area contributed by atoms with Crippen molar-refractivity contribution in [3.05, 3.63) is 42.5 Å². The number of carbonyl (C=O) groups excluding carboxylic acids is 1. The highest BCUT2D eigenvalue weighted by atomic mass is 32.2. The molecule has 0 unspecified atom stereocenters. The Hall–Kier alpha value is -2.12. The summed E-state index contributed by atoms with van der Waals surface area (Å²) in [5.74, 6) is 0.218. The van der Waals surface area contributed by atoms with Gasteiger partial charge in [-0.3, -0.25) is 4.79 Å². The highest BCUT2D eigenvalue weighted by Crippen LogP contribution is 2.22. The maximum Gasteiger partial charge on any atom is 0.242 e. The molecule has 1 heterocycles. The van der Waals surface area contributed by atoms with Gasteiger partial charge < -0.3 is 14.7 Å². The van der Waals surface area contributed by atoms with Crippen LogP contribution in [-0.4, -0.2) is 82.4 Å². The van der Waals surface area contributed by atoms with Crippen LogP contribution in [0.5, 0.6) is 0 Å². The zero-order chi connectivity index (χ0) is 20.3. The summed E-state index contributed by atoms with van der Waals surface area (Å²) in [4.78, 5) is 18.8. The van der Waals surface area contributed by atoms with Crippen molar-refractivity contribution in [2.24, 2.45) is 0 Å². The molecular weight excluding hydrogens is 374 g/mol. The number of nitrogens with zero attached hydrogens (tertiary/aromatic N) is 3. The third kappa shape index (κ3) is 5.02. The van der Waals surface area contributed by atoms with Gasteiger partial charge in [0.15, 0.2) is 9.84 Å². The van der Waals surface area contributed by atoms with Gasteiger partial charge >= 0.3 is 0 Å². The maximum atomic E-state index is 13.1. The van der Waals surface area contributed by atoms with Crippen molar-refractivity contribution >= 4 is 32.2 Å². The molecule has 7 heteroatoms. The number of hydrogen-bond acceptors (Lipinski definition) is 5. The van der Waals surface area contributed by atoms with E-state index in [1.54, 1.807) is 4.90 Å². The van der Waals surface area contributed by atoms with E-state index in [4.69, 9.17) is 0 Å². The summed E-state index contributed by atoms with van der Waals surface area (Å²) in [5, 5.41) is 2.29. The lowest BCUT2D eigenvalue weighted by molar-refractivity contribution is -0.131. The van der Waals surface area contributed by atoms with Gasteiger partial charge in [0, 0.05) is 31.9 Å². The van der Waals surface area contributed by atoms with Gasteiger partial charge in [0.2, 0.25) is 5.91 Å². The first-order valence-corrected chi connectivity index (χ1v) is 11.4. The first kappa shape index (κ1) is 20.6. The highest BCUT2D eigenvalue weighted by molar-refractivity contribution is 7.91. The van der Waals surface area contributed by atoms with Gasteiger partial charge in [0.1, 0.15) is 0 Å². The van der Waals surface area contributed by atoms with Crippen LogP contribution in [0.1, 0.15) is 6.42 Å². The van der Waals surface area contributed by atoms with Crippen LogP contribution < -0.4 is 4.90 Å². The predicted octanol–water partition coefficient (Wildman–Crippen LogP) is 1.85. The number of sulfone groups is 1. The Morgan fingerprint density at radius 3 is 2.39 bits per heavy atom. The molecule has 28 heavy (non-hydrogen) atoms. The van der Waals surface area contributed by atoms with Gasteiger partial charge in [0.05, 0.1) is 18.1 Å². The molecule has 1 aliphatic rings. The van der Waals surface area contributed by atoms with E-state index >= 15 is 0 Å². The lowest BCUT2D eigenvalue weighted by Gasteiger charge is -2.31. The number of hydrogen-bond donors (Lipinski definition) is 0. The molecule has 0 N–H and O–H groups in total. The summed E-state index contributed by atoms with van der Waals surface area (Å²) < 4.78 is 23.8. The molecule has 1 aliphatic heterocycles. The summed E-state index contributed by atoms with van der Waals surface area (Å²) in [5.41, 5.74) is 0.971. The maximum absolute atomic E-state index is 13.1. The predicted molar refractivity (Wildman–Crippen MR) is 115 cm³/mol. The lowest BCUT2D eigenvalue weighted by Crippen LogP contribution is -2.48. The normalized spacial score (nSPS) is 18.5. The van der Waals surface area contributed by atoms with Gasteiger partial charge in [-0.15, -0.1) is 0 Å². The second-order valence-electron chi connectivity index (χ2n) is 7.83. The van der Waals surface area contributed by atoms with Crippen molar-refractivity contribution in [1.29, 1.82) is 0 Å². The zero-order valence-electron chi connectivity index (χ0n) is 16.8. The Labute approximate surface area is 167 Å². The topological polar surface area (TPSA) is 60.9 Å². The van der Waals surface area contributed by atoms with Gasteiger partial charge in [0.25, 0.3) is 0 Å². The van der Waals surface area contributed by atoms with Crippen molar-refractivity contribution in [3.63, 3.8) is 0 Å². The van der Waals surface area contributed by atoms with E-state index in [9.17, 15) is 13.2 Å². The lowest BCUT2D eigenvalue weighted by atomic mass is 10.1. The monoisotopic (exact) mass is 403 g/mol. The van der Waals surface area contributed by atoms with Crippen LogP contribution in [0.25, 0.3) is 10.8 Å². The van der Waals surface area contributed by atoms with E-state index in [2.05, 4.69) is 24.3 Å². The minimum absolute atomic E-state index is 0.0281. The van der Waals surface area contributed by atoms with Crippen molar-refractivity contribution in [2.75, 3.05) is 57.2 Å². The number of carbonyl (C=O) groups is 1. The molecule has 1 fully saturated rings. The van der Waals surface area contributed by atoms with Gasteiger partial charge in [-0.25, -0.2) is 8.42 Å². The molecule has 6 nitrogen and oxygen atoms in total. The number of amides is 1. The fourth-order valence-electron chi connectivity index (χ4n) is 3.64. The average molecular weight is 404 g/mol. The fourth-order valence-corrected chi connectivity index (χ4v) is 5.37. The average Bonchev–Trinajstić information content (AvgIpc) is 3.00. The summed E-state index contributed by atoms with van der Waals surface area (Å²) in [6, 6.07) is 14.1. The molecule has 2 aromatic carbocycles. The molecule has 152 valence electrons. The van der Waals surface area contributed by atoms with E-state index in [0.717, 1.165) is 16.5 Å². The first-order valence-electron chi connectivity index (χ1n) is 9.60. The number of anilines is 1. The van der Waals surface area contributed by atoms with Crippen molar-refractivity contribution in [1.82, 2.24) is 9.80 Å². The third-order valence-corrected chi connectivity index (χ3v) is 7.05. The van der Waals surface area contributed by atoms with Crippen LogP contribution >= 0.6 is 0 Å². The molecule has 0 aromatic heterocycles. The Morgan fingerprint density at radius 1 is 1.04 bits per heavy atom. The summed E-state index contributed by atoms with van der Waals surface area (Å²) in [6.45, 7) is 1.47. The summed E-state index contributed by atoms with van der Waals surface area (Å²) in [6.07, 6.45) is 0.529. The summed E-state index contributed by atoms with van der Waals surface area (Å²) in [7, 11) is 2.77. The van der Waals surface area contributed by atoms with Crippen molar-refractivity contribution < 1.29 is 13.2 Å². The number of fused-ring (bicyclic) bond motifs is 1. The largest absolute Gasteiger partial charge is 0.365 e. The molecule has 1 saturated heterocycles. The molecule has 0 saturated carbocycles. The van der Waals surface area contributed by atoms with Crippen LogP contribution in [0.2, 0.25) is 0 Å². The Kier molecular flexibility index (Phi) is 6.25. The third-order valence-electron chi connectivity index (χ3n) is 5.30. The molecule has 0 spiro atoms. The second kappa shape index (κ2) is 8.49. The zero-order valence-corrected chi connectivity index (χ0v) is 17.7. The van der Waals surface area contributed by atoms with E-state index in [1.807, 2.05) is 49.1 Å². The minimum atomic E-state index is -3.04. The quantitative estimate of drug-likeness (QED) is 0.706. The van der Waals surface area contributed by atoms with Crippen molar-refractivity contribution in [3.8, 4) is 0 Å². The van der Waals surface area contributed by atoms with E-state index in [1.165, 1.54) is 0 Å². The second-order valence-corrected chi connectivity index (χ2v) is 10.1. The van der Waals surface area contributed by atoms with Crippen LogP contribution in [0.4, 0.5) is 5.69 Å². The molecule has 1 atom stereocenters. The van der Waals surface area contributed by atoms with E-state index in [-0.39, 0.29) is 30.0 Å². The number of rotatable bonds is 7. The smallest absolute Gasteiger partial charge is 0.242 e. The van der Waals surface area contributed by atoms with Crippen LogP contribution in [-0.2, 0) is 14.6 Å². The SMILES string of the molecule is CN(C)CCN(C(=O)CN(C)c1ccc2ccccc2c1)[C@@H]1CCS(=O)(=O)C1. The Bertz CT molecular complexity index is 943. The molecule has 1 amide bonds. The standard InChI is InChI=1S/C21H29N3O3S/c1-22(2)11-12-24(20-10-13-28(26,27)16-20)21(25)15-23(3)19-9-8-17-6-4-5-7-18(17)14-19/h4-9,14,20H,10-13,15-16H2,1-3H3/t20-/m1/s1. The van der Waals surface area contributed by atoms with Crippen LogP contribution in [0.3, 0.4) is 0 Å². The Balaban J connectivity index is 1.73.